The highest BCUT2D eigenvalue weighted by Crippen LogP contribution is 2.22. The summed E-state index contributed by atoms with van der Waals surface area (Å²) in [5, 5.41) is 12.9. The Labute approximate surface area is 148 Å². The van der Waals surface area contributed by atoms with Gasteiger partial charge in [0.05, 0.1) is 12.2 Å². The van der Waals surface area contributed by atoms with Crippen LogP contribution in [0.25, 0.3) is 0 Å². The van der Waals surface area contributed by atoms with Crippen molar-refractivity contribution >= 4 is 5.82 Å². The van der Waals surface area contributed by atoms with Crippen LogP contribution in [0.2, 0.25) is 0 Å². The van der Waals surface area contributed by atoms with E-state index in [1.54, 1.807) is 0 Å². The number of nitrogens with zero attached hydrogens (tertiary/aromatic N) is 6. The van der Waals surface area contributed by atoms with Crippen LogP contribution in [0.15, 0.2) is 16.7 Å². The lowest BCUT2D eigenvalue weighted by Crippen LogP contribution is -2.36. The highest BCUT2D eigenvalue weighted by molar-refractivity contribution is 5.38. The van der Waals surface area contributed by atoms with E-state index in [2.05, 4.69) is 42.3 Å². The van der Waals surface area contributed by atoms with Crippen LogP contribution in [0.4, 0.5) is 5.82 Å². The van der Waals surface area contributed by atoms with E-state index in [1.807, 2.05) is 6.92 Å². The van der Waals surface area contributed by atoms with Gasteiger partial charge in [-0.15, -0.1) is 5.10 Å². The monoisotopic (exact) mass is 342 g/mol. The number of hydrogen-bond acceptors (Lipinski definition) is 7. The van der Waals surface area contributed by atoms with E-state index < -0.39 is 0 Å². The van der Waals surface area contributed by atoms with Gasteiger partial charge in [-0.2, -0.15) is 10.1 Å². The molecule has 7 nitrogen and oxygen atoms in total. The fourth-order valence-electron chi connectivity index (χ4n) is 3.94. The minimum Gasteiger partial charge on any atom is -0.355 e. The van der Waals surface area contributed by atoms with Crippen LogP contribution < -0.4 is 4.90 Å². The standard InChI is InChI=1S/C18H26N6O/c1-14-19-17(22-25-14)13-23-8-4-5-15(12-23)11-16-6-7-18(21-20-16)24-9-2-3-10-24/h6-7,15H,2-5,8-13H2,1H3/t15-/m0/s1. The first-order valence-electron chi connectivity index (χ1n) is 9.35. The molecule has 0 N–H and O–H groups in total. The molecule has 4 rings (SSSR count). The van der Waals surface area contributed by atoms with E-state index in [0.717, 1.165) is 56.5 Å². The van der Waals surface area contributed by atoms with E-state index in [9.17, 15) is 0 Å². The van der Waals surface area contributed by atoms with Gasteiger partial charge in [0, 0.05) is 26.6 Å². The molecular weight excluding hydrogens is 316 g/mol. The van der Waals surface area contributed by atoms with Gasteiger partial charge in [-0.25, -0.2) is 0 Å². The van der Waals surface area contributed by atoms with Gasteiger partial charge in [0.15, 0.2) is 11.6 Å². The molecule has 2 aromatic heterocycles. The number of anilines is 1. The van der Waals surface area contributed by atoms with E-state index in [-0.39, 0.29) is 0 Å². The summed E-state index contributed by atoms with van der Waals surface area (Å²) in [7, 11) is 0. The summed E-state index contributed by atoms with van der Waals surface area (Å²) in [6, 6.07) is 4.29. The first kappa shape index (κ1) is 16.4. The van der Waals surface area contributed by atoms with Crippen molar-refractivity contribution in [2.45, 2.75) is 45.6 Å². The minimum atomic E-state index is 0.619. The third kappa shape index (κ3) is 4.15. The Hall–Kier alpha value is -2.02. The summed E-state index contributed by atoms with van der Waals surface area (Å²) in [6.45, 7) is 6.99. The lowest BCUT2D eigenvalue weighted by Gasteiger charge is -2.31. The zero-order chi connectivity index (χ0) is 17.1. The molecular formula is C18H26N6O. The normalized spacial score (nSPS) is 21.8. The summed E-state index contributed by atoms with van der Waals surface area (Å²) >= 11 is 0. The number of aromatic nitrogens is 4. The highest BCUT2D eigenvalue weighted by Gasteiger charge is 2.22. The summed E-state index contributed by atoms with van der Waals surface area (Å²) in [4.78, 5) is 9.06. The Morgan fingerprint density at radius 3 is 2.72 bits per heavy atom. The van der Waals surface area contributed by atoms with Crippen LogP contribution >= 0.6 is 0 Å². The molecule has 2 aliphatic heterocycles. The molecule has 0 bridgehead atoms. The lowest BCUT2D eigenvalue weighted by molar-refractivity contribution is 0.161. The fraction of sp³-hybridized carbons (Fsp3) is 0.667. The Morgan fingerprint density at radius 1 is 1.12 bits per heavy atom. The predicted molar refractivity (Wildman–Crippen MR) is 94.2 cm³/mol. The van der Waals surface area contributed by atoms with Crippen LogP contribution in [0.3, 0.4) is 0 Å². The first-order chi connectivity index (χ1) is 12.3. The minimum absolute atomic E-state index is 0.619. The topological polar surface area (TPSA) is 71.2 Å². The third-order valence-electron chi connectivity index (χ3n) is 5.17. The molecule has 0 amide bonds. The number of likely N-dealkylation sites (tertiary alicyclic amines) is 1. The lowest BCUT2D eigenvalue weighted by atomic mass is 9.93. The highest BCUT2D eigenvalue weighted by atomic mass is 16.5. The summed E-state index contributed by atoms with van der Waals surface area (Å²) in [5.74, 6) is 3.07. The van der Waals surface area contributed by atoms with E-state index in [4.69, 9.17) is 4.52 Å². The molecule has 0 unspecified atom stereocenters. The van der Waals surface area contributed by atoms with Crippen molar-refractivity contribution in [2.24, 2.45) is 5.92 Å². The number of hydrogen-bond donors (Lipinski definition) is 0. The quantitative estimate of drug-likeness (QED) is 0.825. The van der Waals surface area contributed by atoms with Crippen LogP contribution in [-0.4, -0.2) is 51.4 Å². The molecule has 0 saturated carbocycles. The predicted octanol–water partition coefficient (Wildman–Crippen LogP) is 2.22. The molecule has 0 spiro atoms. The van der Waals surface area contributed by atoms with Gasteiger partial charge in [0.2, 0.25) is 5.89 Å². The Bertz CT molecular complexity index is 679. The first-order valence-corrected chi connectivity index (χ1v) is 9.35. The maximum Gasteiger partial charge on any atom is 0.223 e. The van der Waals surface area contributed by atoms with Crippen molar-refractivity contribution in [1.29, 1.82) is 0 Å². The Morgan fingerprint density at radius 2 is 2.00 bits per heavy atom. The SMILES string of the molecule is Cc1nc(CN2CCC[C@@H](Cc3ccc(N4CCCC4)nn3)C2)no1. The molecule has 1 atom stereocenters. The van der Waals surface area contributed by atoms with Crippen molar-refractivity contribution in [3.8, 4) is 0 Å². The number of aryl methyl sites for hydroxylation is 1. The van der Waals surface area contributed by atoms with Crippen molar-refractivity contribution in [1.82, 2.24) is 25.2 Å². The number of piperidine rings is 1. The van der Waals surface area contributed by atoms with E-state index >= 15 is 0 Å². The largest absolute Gasteiger partial charge is 0.355 e. The third-order valence-corrected chi connectivity index (χ3v) is 5.17. The van der Waals surface area contributed by atoms with Gasteiger partial charge in [-0.1, -0.05) is 5.16 Å². The van der Waals surface area contributed by atoms with Crippen molar-refractivity contribution < 1.29 is 4.52 Å². The molecule has 7 heteroatoms. The van der Waals surface area contributed by atoms with Gasteiger partial charge in [-0.05, 0) is 56.7 Å². The summed E-state index contributed by atoms with van der Waals surface area (Å²) < 4.78 is 5.07. The van der Waals surface area contributed by atoms with Gasteiger partial charge in [0.25, 0.3) is 0 Å². The second-order valence-corrected chi connectivity index (χ2v) is 7.25. The van der Waals surface area contributed by atoms with Crippen LogP contribution in [-0.2, 0) is 13.0 Å². The maximum atomic E-state index is 5.07. The van der Waals surface area contributed by atoms with Gasteiger partial charge >= 0.3 is 0 Å². The second kappa shape index (κ2) is 7.47. The molecule has 2 aromatic rings. The molecule has 0 aliphatic carbocycles. The van der Waals surface area contributed by atoms with Gasteiger partial charge in [-0.3, -0.25) is 4.90 Å². The van der Waals surface area contributed by atoms with Crippen LogP contribution in [0.5, 0.6) is 0 Å². The smallest absolute Gasteiger partial charge is 0.223 e. The average Bonchev–Trinajstić information content (AvgIpc) is 3.28. The molecule has 134 valence electrons. The molecule has 0 aromatic carbocycles. The van der Waals surface area contributed by atoms with Gasteiger partial charge in [0.1, 0.15) is 0 Å². The maximum absolute atomic E-state index is 5.07. The number of rotatable bonds is 5. The summed E-state index contributed by atoms with van der Waals surface area (Å²) in [5.41, 5.74) is 1.10. The van der Waals surface area contributed by atoms with Crippen LogP contribution in [0.1, 0.15) is 43.1 Å². The van der Waals surface area contributed by atoms with Gasteiger partial charge < -0.3 is 9.42 Å². The fourth-order valence-corrected chi connectivity index (χ4v) is 3.94. The molecule has 0 radical (unpaired) electrons. The van der Waals surface area contributed by atoms with E-state index in [1.165, 1.54) is 25.7 Å². The molecule has 2 saturated heterocycles. The molecule has 2 fully saturated rings. The zero-order valence-electron chi connectivity index (χ0n) is 14.9. The van der Waals surface area contributed by atoms with Crippen molar-refractivity contribution in [3.63, 3.8) is 0 Å². The second-order valence-electron chi connectivity index (χ2n) is 7.25. The Balaban J connectivity index is 1.32. The molecule has 4 heterocycles. The average molecular weight is 342 g/mol. The van der Waals surface area contributed by atoms with Crippen molar-refractivity contribution in [2.75, 3.05) is 31.1 Å². The summed E-state index contributed by atoms with van der Waals surface area (Å²) in [6.07, 6.45) is 5.98. The molecule has 25 heavy (non-hydrogen) atoms. The van der Waals surface area contributed by atoms with Crippen molar-refractivity contribution in [3.05, 3.63) is 29.5 Å². The van der Waals surface area contributed by atoms with Crippen LogP contribution in [0, 0.1) is 12.8 Å². The van der Waals surface area contributed by atoms with E-state index in [0.29, 0.717) is 11.8 Å². The molecule has 2 aliphatic rings. The Kier molecular flexibility index (Phi) is 4.92. The zero-order valence-corrected chi connectivity index (χ0v) is 14.9.